The Morgan fingerprint density at radius 2 is 1.68 bits per heavy atom. The average Bonchev–Trinajstić information content (AvgIpc) is 3.21. The molecule has 1 unspecified atom stereocenters. The Morgan fingerprint density at radius 1 is 1.04 bits per heavy atom. The first-order valence-electron chi connectivity index (χ1n) is 10.6. The molecule has 1 amide bonds. The largest absolute Gasteiger partial charge is 0.385 e. The number of piperidine rings is 1. The van der Waals surface area contributed by atoms with Gasteiger partial charge in [-0.3, -0.25) is 4.79 Å². The highest BCUT2D eigenvalue weighted by Gasteiger charge is 2.36. The number of amides is 1. The van der Waals surface area contributed by atoms with Gasteiger partial charge in [0.1, 0.15) is 6.04 Å². The molecule has 28 heavy (non-hydrogen) atoms. The molecule has 0 spiro atoms. The molecule has 0 radical (unpaired) electrons. The van der Waals surface area contributed by atoms with Gasteiger partial charge in [0.2, 0.25) is 15.9 Å². The van der Waals surface area contributed by atoms with Crippen molar-refractivity contribution in [1.82, 2.24) is 4.31 Å². The topological polar surface area (TPSA) is 78.5 Å². The van der Waals surface area contributed by atoms with Crippen molar-refractivity contribution in [1.29, 1.82) is 0 Å². The minimum Gasteiger partial charge on any atom is -0.385 e. The zero-order valence-electron chi connectivity index (χ0n) is 16.8. The van der Waals surface area contributed by atoms with Crippen LogP contribution < -0.4 is 10.6 Å². The van der Waals surface area contributed by atoms with Crippen LogP contribution in [0.4, 0.5) is 11.4 Å². The summed E-state index contributed by atoms with van der Waals surface area (Å²) in [6.07, 6.45) is 8.11. The molecule has 2 aliphatic rings. The fraction of sp³-hybridized carbons (Fsp3) is 0.667. The second-order valence-corrected chi connectivity index (χ2v) is 10.1. The lowest BCUT2D eigenvalue weighted by atomic mass is 10.0. The van der Waals surface area contributed by atoms with Crippen LogP contribution in [0.15, 0.2) is 24.3 Å². The molecule has 1 saturated heterocycles. The molecule has 156 valence electrons. The van der Waals surface area contributed by atoms with Crippen LogP contribution >= 0.6 is 0 Å². The van der Waals surface area contributed by atoms with Crippen LogP contribution in [0.3, 0.4) is 0 Å². The fourth-order valence-electron chi connectivity index (χ4n) is 4.25. The highest BCUT2D eigenvalue weighted by Crippen LogP contribution is 2.26. The molecule has 0 aromatic heterocycles. The SMILES string of the molecule is CCCS(=O)(=O)N1CCCCC1C(=O)Nc1ccc(NCC2CCCC2)cc1. The van der Waals surface area contributed by atoms with E-state index in [2.05, 4.69) is 10.6 Å². The second kappa shape index (κ2) is 9.74. The van der Waals surface area contributed by atoms with E-state index in [0.29, 0.717) is 25.1 Å². The number of nitrogens with zero attached hydrogens (tertiary/aromatic N) is 1. The van der Waals surface area contributed by atoms with Crippen LogP contribution in [-0.2, 0) is 14.8 Å². The predicted molar refractivity (Wildman–Crippen MR) is 114 cm³/mol. The smallest absolute Gasteiger partial charge is 0.242 e. The molecule has 1 heterocycles. The monoisotopic (exact) mass is 407 g/mol. The number of nitrogens with one attached hydrogen (secondary N) is 2. The number of carbonyl (C=O) groups excluding carboxylic acids is 1. The molecule has 1 atom stereocenters. The number of hydrogen-bond acceptors (Lipinski definition) is 4. The fourth-order valence-corrected chi connectivity index (χ4v) is 6.00. The van der Waals surface area contributed by atoms with E-state index >= 15 is 0 Å². The molecule has 1 saturated carbocycles. The summed E-state index contributed by atoms with van der Waals surface area (Å²) in [4.78, 5) is 12.8. The number of sulfonamides is 1. The number of rotatable bonds is 8. The highest BCUT2D eigenvalue weighted by molar-refractivity contribution is 7.89. The zero-order chi connectivity index (χ0) is 20.0. The van der Waals surface area contributed by atoms with E-state index in [0.717, 1.165) is 31.0 Å². The molecule has 2 fully saturated rings. The minimum absolute atomic E-state index is 0.0954. The van der Waals surface area contributed by atoms with Gasteiger partial charge in [-0.1, -0.05) is 26.2 Å². The lowest BCUT2D eigenvalue weighted by Crippen LogP contribution is -2.50. The average molecular weight is 408 g/mol. The summed E-state index contributed by atoms with van der Waals surface area (Å²) < 4.78 is 26.4. The van der Waals surface area contributed by atoms with Crippen LogP contribution in [0.25, 0.3) is 0 Å². The van der Waals surface area contributed by atoms with E-state index in [1.807, 2.05) is 31.2 Å². The van der Waals surface area contributed by atoms with Gasteiger partial charge in [-0.2, -0.15) is 4.31 Å². The molecule has 1 aromatic rings. The molecule has 7 heteroatoms. The van der Waals surface area contributed by atoms with E-state index in [1.54, 1.807) is 0 Å². The standard InChI is InChI=1S/C21H33N3O3S/c1-2-15-28(26,27)24-14-6-5-9-20(24)21(25)23-19-12-10-18(11-13-19)22-16-17-7-3-4-8-17/h10-13,17,20,22H,2-9,14-16H2,1H3,(H,23,25). The van der Waals surface area contributed by atoms with Gasteiger partial charge in [0.05, 0.1) is 5.75 Å². The minimum atomic E-state index is -3.38. The van der Waals surface area contributed by atoms with E-state index < -0.39 is 16.1 Å². The Bertz CT molecular complexity index is 743. The van der Waals surface area contributed by atoms with Gasteiger partial charge in [-0.05, 0) is 62.3 Å². The Morgan fingerprint density at radius 3 is 2.36 bits per heavy atom. The Kier molecular flexibility index (Phi) is 7.35. The lowest BCUT2D eigenvalue weighted by Gasteiger charge is -2.33. The number of benzene rings is 1. The number of hydrogen-bond donors (Lipinski definition) is 2. The molecule has 1 aliphatic heterocycles. The molecule has 2 N–H and O–H groups in total. The normalized spacial score (nSPS) is 21.5. The quantitative estimate of drug-likeness (QED) is 0.687. The summed E-state index contributed by atoms with van der Waals surface area (Å²) in [5, 5.41) is 6.38. The lowest BCUT2D eigenvalue weighted by molar-refractivity contribution is -0.120. The number of anilines is 2. The zero-order valence-corrected chi connectivity index (χ0v) is 17.6. The van der Waals surface area contributed by atoms with E-state index in [4.69, 9.17) is 0 Å². The van der Waals surface area contributed by atoms with Gasteiger partial charge in [0.15, 0.2) is 0 Å². The molecular formula is C21H33N3O3S. The van der Waals surface area contributed by atoms with Crippen molar-refractivity contribution >= 4 is 27.3 Å². The first-order valence-corrected chi connectivity index (χ1v) is 12.2. The van der Waals surface area contributed by atoms with Gasteiger partial charge in [-0.15, -0.1) is 0 Å². The van der Waals surface area contributed by atoms with Crippen molar-refractivity contribution in [3.8, 4) is 0 Å². The molecule has 1 aliphatic carbocycles. The summed E-state index contributed by atoms with van der Waals surface area (Å²) in [6, 6.07) is 7.09. The first kappa shape index (κ1) is 21.1. The molecule has 0 bridgehead atoms. The van der Waals surface area contributed by atoms with Crippen LogP contribution in [0.2, 0.25) is 0 Å². The Balaban J connectivity index is 1.58. The van der Waals surface area contributed by atoms with Crippen LogP contribution in [0, 0.1) is 5.92 Å². The van der Waals surface area contributed by atoms with Gasteiger partial charge in [-0.25, -0.2) is 8.42 Å². The van der Waals surface area contributed by atoms with Crippen LogP contribution in [0.1, 0.15) is 58.3 Å². The molecular weight excluding hydrogens is 374 g/mol. The van der Waals surface area contributed by atoms with Gasteiger partial charge in [0.25, 0.3) is 0 Å². The van der Waals surface area contributed by atoms with Crippen LogP contribution in [0.5, 0.6) is 0 Å². The van der Waals surface area contributed by atoms with E-state index in [1.165, 1.54) is 30.0 Å². The third kappa shape index (κ3) is 5.47. The summed E-state index contributed by atoms with van der Waals surface area (Å²) >= 11 is 0. The highest BCUT2D eigenvalue weighted by atomic mass is 32.2. The van der Waals surface area contributed by atoms with E-state index in [-0.39, 0.29) is 11.7 Å². The second-order valence-electron chi connectivity index (χ2n) is 8.04. The Labute approximate surface area is 169 Å². The predicted octanol–water partition coefficient (Wildman–Crippen LogP) is 3.82. The third-order valence-electron chi connectivity index (χ3n) is 5.80. The third-order valence-corrected chi connectivity index (χ3v) is 7.87. The van der Waals surface area contributed by atoms with Gasteiger partial charge < -0.3 is 10.6 Å². The van der Waals surface area contributed by atoms with Gasteiger partial charge in [0, 0.05) is 24.5 Å². The van der Waals surface area contributed by atoms with Crippen molar-refractivity contribution in [3.05, 3.63) is 24.3 Å². The molecule has 1 aromatic carbocycles. The van der Waals surface area contributed by atoms with Gasteiger partial charge >= 0.3 is 0 Å². The van der Waals surface area contributed by atoms with Crippen molar-refractivity contribution in [2.24, 2.45) is 5.92 Å². The van der Waals surface area contributed by atoms with Crippen LogP contribution in [-0.4, -0.2) is 43.5 Å². The summed E-state index contributed by atoms with van der Waals surface area (Å²) in [7, 11) is -3.38. The summed E-state index contributed by atoms with van der Waals surface area (Å²) in [5.74, 6) is 0.630. The van der Waals surface area contributed by atoms with E-state index in [9.17, 15) is 13.2 Å². The molecule has 6 nitrogen and oxygen atoms in total. The van der Waals surface area contributed by atoms with Crippen molar-refractivity contribution < 1.29 is 13.2 Å². The maximum absolute atomic E-state index is 12.8. The summed E-state index contributed by atoms with van der Waals surface area (Å²) in [6.45, 7) is 3.28. The van der Waals surface area contributed by atoms with Crippen molar-refractivity contribution in [3.63, 3.8) is 0 Å². The maximum Gasteiger partial charge on any atom is 0.242 e. The van der Waals surface area contributed by atoms with Crippen molar-refractivity contribution in [2.75, 3.05) is 29.5 Å². The first-order chi connectivity index (χ1) is 13.5. The summed E-state index contributed by atoms with van der Waals surface area (Å²) in [5.41, 5.74) is 1.75. The number of carbonyl (C=O) groups is 1. The maximum atomic E-state index is 12.8. The Hall–Kier alpha value is -1.60. The molecule has 3 rings (SSSR count). The van der Waals surface area contributed by atoms with Crippen molar-refractivity contribution in [2.45, 2.75) is 64.3 Å².